The molecule has 3 heteroatoms. The summed E-state index contributed by atoms with van der Waals surface area (Å²) in [5.41, 5.74) is 1.83. The topological polar surface area (TPSA) is 38.8 Å². The van der Waals surface area contributed by atoms with Gasteiger partial charge in [0.05, 0.1) is 12.2 Å². The number of carbonyl (C=O) groups excluding carboxylic acids is 1. The molecule has 1 aromatic rings. The van der Waals surface area contributed by atoms with Crippen LogP contribution in [0.15, 0.2) is 42.0 Å². The van der Waals surface area contributed by atoms with E-state index in [9.17, 15) is 4.79 Å². The maximum atomic E-state index is 11.0. The number of epoxide rings is 1. The van der Waals surface area contributed by atoms with Gasteiger partial charge in [0.1, 0.15) is 11.9 Å². The summed E-state index contributed by atoms with van der Waals surface area (Å²) in [5, 5.41) is 0. The molecule has 0 N–H and O–H groups in total. The number of aldehydes is 1. The molecule has 2 fully saturated rings. The van der Waals surface area contributed by atoms with Gasteiger partial charge in [-0.05, 0) is 30.6 Å². The molecular formula is C17H20O3. The normalized spacial score (nSPS) is 38.1. The van der Waals surface area contributed by atoms with Crippen LogP contribution in [-0.2, 0) is 14.3 Å². The molecule has 1 aromatic carbocycles. The number of allylic oxidation sites excluding steroid dienone is 1. The Balaban J connectivity index is 2.03. The monoisotopic (exact) mass is 272 g/mol. The highest BCUT2D eigenvalue weighted by Gasteiger charge is 2.58. The van der Waals surface area contributed by atoms with Gasteiger partial charge in [0, 0.05) is 19.4 Å². The Labute approximate surface area is 119 Å². The standard InChI is InChI=1S/C17H20O3/c1-16(19-2)10-14(13-6-4-3-5-7-13)15(8-9-18)17(11-16)12-20-17/h3-9,14H,10-12H2,1-2H3/b15-8-/t14-,16+,17-/m0/s1. The molecule has 106 valence electrons. The summed E-state index contributed by atoms with van der Waals surface area (Å²) < 4.78 is 11.5. The molecule has 1 aliphatic carbocycles. The molecule has 0 unspecified atom stereocenters. The van der Waals surface area contributed by atoms with E-state index in [0.29, 0.717) is 6.61 Å². The molecule has 3 atom stereocenters. The molecule has 1 heterocycles. The molecule has 1 saturated heterocycles. The number of hydrogen-bond donors (Lipinski definition) is 0. The van der Waals surface area contributed by atoms with Gasteiger partial charge in [0.25, 0.3) is 0 Å². The van der Waals surface area contributed by atoms with Gasteiger partial charge in [0.2, 0.25) is 0 Å². The fourth-order valence-corrected chi connectivity index (χ4v) is 3.47. The Kier molecular flexibility index (Phi) is 3.27. The van der Waals surface area contributed by atoms with E-state index >= 15 is 0 Å². The highest BCUT2D eigenvalue weighted by molar-refractivity contribution is 5.68. The van der Waals surface area contributed by atoms with Crippen LogP contribution in [0.3, 0.4) is 0 Å². The van der Waals surface area contributed by atoms with E-state index in [1.54, 1.807) is 13.2 Å². The highest BCUT2D eigenvalue weighted by Crippen LogP contribution is 2.55. The van der Waals surface area contributed by atoms with E-state index in [1.807, 2.05) is 18.2 Å². The second kappa shape index (κ2) is 4.83. The van der Waals surface area contributed by atoms with Gasteiger partial charge >= 0.3 is 0 Å². The van der Waals surface area contributed by atoms with Crippen LogP contribution in [-0.4, -0.2) is 31.2 Å². The van der Waals surface area contributed by atoms with E-state index in [2.05, 4.69) is 19.1 Å². The summed E-state index contributed by atoms with van der Waals surface area (Å²) in [5.74, 6) is 0.183. The van der Waals surface area contributed by atoms with Crippen molar-refractivity contribution in [2.45, 2.75) is 36.9 Å². The lowest BCUT2D eigenvalue weighted by Gasteiger charge is -2.42. The van der Waals surface area contributed by atoms with E-state index < -0.39 is 0 Å². The molecule has 1 saturated carbocycles. The lowest BCUT2D eigenvalue weighted by Crippen LogP contribution is -2.43. The average Bonchev–Trinajstić information content (AvgIpc) is 3.23. The van der Waals surface area contributed by atoms with Gasteiger partial charge in [-0.2, -0.15) is 0 Å². The van der Waals surface area contributed by atoms with Gasteiger partial charge in [-0.3, -0.25) is 4.79 Å². The Morgan fingerprint density at radius 2 is 2.05 bits per heavy atom. The van der Waals surface area contributed by atoms with Crippen LogP contribution in [0.25, 0.3) is 0 Å². The van der Waals surface area contributed by atoms with Crippen molar-refractivity contribution in [2.75, 3.05) is 13.7 Å². The van der Waals surface area contributed by atoms with Crippen LogP contribution in [0, 0.1) is 0 Å². The molecule has 0 amide bonds. The molecule has 3 rings (SSSR count). The van der Waals surface area contributed by atoms with Crippen LogP contribution in [0.5, 0.6) is 0 Å². The summed E-state index contributed by atoms with van der Waals surface area (Å²) in [7, 11) is 1.76. The van der Waals surface area contributed by atoms with Crippen molar-refractivity contribution in [3.8, 4) is 0 Å². The van der Waals surface area contributed by atoms with Crippen LogP contribution >= 0.6 is 0 Å². The number of rotatable bonds is 3. The fourth-order valence-electron chi connectivity index (χ4n) is 3.47. The van der Waals surface area contributed by atoms with E-state index in [0.717, 1.165) is 24.7 Å². The smallest absolute Gasteiger partial charge is 0.142 e. The number of carbonyl (C=O) groups is 1. The fraction of sp³-hybridized carbons (Fsp3) is 0.471. The molecular weight excluding hydrogens is 252 g/mol. The first-order valence-corrected chi connectivity index (χ1v) is 7.02. The van der Waals surface area contributed by atoms with Gasteiger partial charge in [0.15, 0.2) is 0 Å². The first-order valence-electron chi connectivity index (χ1n) is 7.02. The van der Waals surface area contributed by atoms with Gasteiger partial charge in [-0.1, -0.05) is 30.3 Å². The van der Waals surface area contributed by atoms with Crippen LogP contribution in [0.2, 0.25) is 0 Å². The molecule has 0 radical (unpaired) electrons. The molecule has 1 spiro atoms. The van der Waals surface area contributed by atoms with Crippen molar-refractivity contribution >= 4 is 6.29 Å². The first-order chi connectivity index (χ1) is 9.62. The zero-order valence-electron chi connectivity index (χ0n) is 12.0. The number of benzene rings is 1. The minimum Gasteiger partial charge on any atom is -0.378 e. The van der Waals surface area contributed by atoms with E-state index in [1.165, 1.54) is 5.56 Å². The quantitative estimate of drug-likeness (QED) is 0.482. The maximum absolute atomic E-state index is 11.0. The van der Waals surface area contributed by atoms with Crippen LogP contribution < -0.4 is 0 Å². The largest absolute Gasteiger partial charge is 0.378 e. The number of methoxy groups -OCH3 is 1. The van der Waals surface area contributed by atoms with Gasteiger partial charge in [-0.25, -0.2) is 0 Å². The van der Waals surface area contributed by atoms with Crippen molar-refractivity contribution in [1.82, 2.24) is 0 Å². The van der Waals surface area contributed by atoms with Gasteiger partial charge in [-0.15, -0.1) is 0 Å². The van der Waals surface area contributed by atoms with Crippen molar-refractivity contribution < 1.29 is 14.3 Å². The van der Waals surface area contributed by atoms with Crippen molar-refractivity contribution in [3.05, 3.63) is 47.5 Å². The predicted molar refractivity (Wildman–Crippen MR) is 76.7 cm³/mol. The average molecular weight is 272 g/mol. The SMILES string of the molecule is CO[C@]1(C)C[C@@H](c2ccccc2)/C(=C/C=O)[C@@]2(CO2)C1. The molecule has 2 aliphatic rings. The zero-order valence-corrected chi connectivity index (χ0v) is 12.0. The van der Waals surface area contributed by atoms with Crippen molar-refractivity contribution in [2.24, 2.45) is 0 Å². The number of ether oxygens (including phenoxy) is 2. The van der Waals surface area contributed by atoms with Crippen molar-refractivity contribution in [3.63, 3.8) is 0 Å². The second-order valence-electron chi connectivity index (χ2n) is 6.04. The third kappa shape index (κ3) is 2.21. The highest BCUT2D eigenvalue weighted by atomic mass is 16.6. The molecule has 0 bridgehead atoms. The van der Waals surface area contributed by atoms with E-state index in [4.69, 9.17) is 9.47 Å². The summed E-state index contributed by atoms with van der Waals surface area (Å²) in [4.78, 5) is 11.0. The third-order valence-electron chi connectivity index (χ3n) is 4.63. The van der Waals surface area contributed by atoms with Crippen LogP contribution in [0.4, 0.5) is 0 Å². The van der Waals surface area contributed by atoms with Crippen LogP contribution in [0.1, 0.15) is 31.2 Å². The third-order valence-corrected chi connectivity index (χ3v) is 4.63. The maximum Gasteiger partial charge on any atom is 0.142 e. The molecule has 20 heavy (non-hydrogen) atoms. The van der Waals surface area contributed by atoms with Crippen molar-refractivity contribution in [1.29, 1.82) is 0 Å². The Morgan fingerprint density at radius 1 is 1.35 bits per heavy atom. The lowest BCUT2D eigenvalue weighted by atomic mass is 9.67. The minimum atomic E-state index is -0.287. The molecule has 3 nitrogen and oxygen atoms in total. The summed E-state index contributed by atoms with van der Waals surface area (Å²) in [6, 6.07) is 10.3. The minimum absolute atomic E-state index is 0.183. The Morgan fingerprint density at radius 3 is 2.60 bits per heavy atom. The Bertz CT molecular complexity index is 530. The summed E-state index contributed by atoms with van der Waals surface area (Å²) in [6.07, 6.45) is 4.27. The molecule has 1 aliphatic heterocycles. The summed E-state index contributed by atoms with van der Waals surface area (Å²) >= 11 is 0. The van der Waals surface area contributed by atoms with Gasteiger partial charge < -0.3 is 9.47 Å². The summed E-state index contributed by atoms with van der Waals surface area (Å²) in [6.45, 7) is 2.82. The zero-order chi connectivity index (χ0) is 14.2. The van der Waals surface area contributed by atoms with E-state index in [-0.39, 0.29) is 17.1 Å². The second-order valence-corrected chi connectivity index (χ2v) is 6.04. The number of hydrogen-bond acceptors (Lipinski definition) is 3. The molecule has 0 aromatic heterocycles. The first kappa shape index (κ1) is 13.5. The lowest BCUT2D eigenvalue weighted by molar-refractivity contribution is -0.104. The predicted octanol–water partition coefficient (Wildman–Crippen LogP) is 2.86. The Hall–Kier alpha value is -1.45.